The third-order valence-electron chi connectivity index (χ3n) is 2.32. The van der Waals surface area contributed by atoms with E-state index in [9.17, 15) is 4.39 Å². The van der Waals surface area contributed by atoms with Crippen molar-refractivity contribution in [3.63, 3.8) is 0 Å². The summed E-state index contributed by atoms with van der Waals surface area (Å²) in [5.41, 5.74) is 1.97. The van der Waals surface area contributed by atoms with E-state index in [-0.39, 0.29) is 5.82 Å². The van der Waals surface area contributed by atoms with Gasteiger partial charge in [0.1, 0.15) is 11.6 Å². The van der Waals surface area contributed by atoms with Crippen LogP contribution in [0.3, 0.4) is 0 Å². The molecule has 0 spiro atoms. The predicted molar refractivity (Wildman–Crippen MR) is 69.5 cm³/mol. The van der Waals surface area contributed by atoms with Crippen LogP contribution in [0.2, 0.25) is 0 Å². The first kappa shape index (κ1) is 12.4. The van der Waals surface area contributed by atoms with Crippen molar-refractivity contribution in [3.8, 4) is 5.75 Å². The average molecular weight is 271 g/mol. The highest BCUT2D eigenvalue weighted by atomic mass is 35.5. The van der Waals surface area contributed by atoms with Gasteiger partial charge in [0.15, 0.2) is 0 Å². The van der Waals surface area contributed by atoms with Crippen LogP contribution in [0.25, 0.3) is 0 Å². The van der Waals surface area contributed by atoms with Gasteiger partial charge in [-0.15, -0.1) is 11.6 Å². The maximum atomic E-state index is 13.2. The first-order valence-corrected chi connectivity index (χ1v) is 6.75. The Balaban J connectivity index is 1.92. The lowest BCUT2D eigenvalue weighted by atomic mass is 10.2. The van der Waals surface area contributed by atoms with Gasteiger partial charge in [0.05, 0.1) is 6.61 Å². The van der Waals surface area contributed by atoms with E-state index < -0.39 is 0 Å². The van der Waals surface area contributed by atoms with Crippen LogP contribution in [0, 0.1) is 5.82 Å². The maximum absolute atomic E-state index is 13.2. The minimum absolute atomic E-state index is 0.290. The summed E-state index contributed by atoms with van der Waals surface area (Å²) >= 11 is 7.33. The van der Waals surface area contributed by atoms with Crippen LogP contribution in [-0.4, -0.2) is 6.61 Å². The molecule has 0 N–H and O–H groups in total. The Labute approximate surface area is 109 Å². The van der Waals surface area contributed by atoms with Crippen molar-refractivity contribution in [2.75, 3.05) is 6.61 Å². The summed E-state index contributed by atoms with van der Waals surface area (Å²) in [6.45, 7) is 0.544. The molecule has 0 fully saturated rings. The van der Waals surface area contributed by atoms with Gasteiger partial charge in [-0.1, -0.05) is 0 Å². The third kappa shape index (κ3) is 3.72. The van der Waals surface area contributed by atoms with Gasteiger partial charge in [-0.2, -0.15) is 11.3 Å². The molecule has 0 aliphatic heterocycles. The Hall–Kier alpha value is -1.06. The predicted octanol–water partition coefficient (Wildman–Crippen LogP) is 4.25. The van der Waals surface area contributed by atoms with E-state index in [4.69, 9.17) is 16.3 Å². The number of hydrogen-bond acceptors (Lipinski definition) is 2. The molecule has 0 saturated heterocycles. The second-order valence-electron chi connectivity index (χ2n) is 3.66. The molecule has 0 atom stereocenters. The molecule has 1 aromatic heterocycles. The summed E-state index contributed by atoms with van der Waals surface area (Å²) in [5.74, 6) is 0.517. The molecule has 1 aromatic carbocycles. The molecule has 0 amide bonds. The number of benzene rings is 1. The lowest BCUT2D eigenvalue weighted by Crippen LogP contribution is -2.01. The lowest BCUT2D eigenvalue weighted by molar-refractivity contribution is 0.320. The first-order chi connectivity index (χ1) is 8.28. The van der Waals surface area contributed by atoms with Gasteiger partial charge in [-0.05, 0) is 40.1 Å². The Kier molecular flexibility index (Phi) is 4.40. The molecule has 0 saturated carbocycles. The quantitative estimate of drug-likeness (QED) is 0.738. The minimum Gasteiger partial charge on any atom is -0.493 e. The summed E-state index contributed by atoms with van der Waals surface area (Å²) < 4.78 is 18.7. The fourth-order valence-corrected chi connectivity index (χ4v) is 2.36. The highest BCUT2D eigenvalue weighted by Crippen LogP contribution is 2.18. The number of ether oxygens (including phenoxy) is 1. The smallest absolute Gasteiger partial charge is 0.127 e. The molecule has 2 aromatic rings. The summed E-state index contributed by atoms with van der Waals surface area (Å²) in [6, 6.07) is 6.62. The van der Waals surface area contributed by atoms with Crippen molar-refractivity contribution in [1.82, 2.24) is 0 Å². The van der Waals surface area contributed by atoms with Crippen molar-refractivity contribution < 1.29 is 9.13 Å². The topological polar surface area (TPSA) is 9.23 Å². The van der Waals surface area contributed by atoms with E-state index >= 15 is 0 Å². The monoisotopic (exact) mass is 270 g/mol. The van der Waals surface area contributed by atoms with E-state index in [0.717, 1.165) is 12.0 Å². The zero-order chi connectivity index (χ0) is 12.1. The highest BCUT2D eigenvalue weighted by molar-refractivity contribution is 7.07. The molecule has 1 heterocycles. The lowest BCUT2D eigenvalue weighted by Gasteiger charge is -2.07. The molecule has 17 heavy (non-hydrogen) atoms. The number of alkyl halides is 1. The van der Waals surface area contributed by atoms with E-state index in [1.807, 2.05) is 5.38 Å². The SMILES string of the molecule is Fc1cc(CCl)cc(OCCc2ccsc2)c1. The summed E-state index contributed by atoms with van der Waals surface area (Å²) in [4.78, 5) is 0. The van der Waals surface area contributed by atoms with Crippen molar-refractivity contribution in [2.24, 2.45) is 0 Å². The largest absolute Gasteiger partial charge is 0.493 e. The van der Waals surface area contributed by atoms with Gasteiger partial charge >= 0.3 is 0 Å². The van der Waals surface area contributed by atoms with Crippen molar-refractivity contribution in [2.45, 2.75) is 12.3 Å². The molecule has 4 heteroatoms. The van der Waals surface area contributed by atoms with E-state index in [1.54, 1.807) is 17.4 Å². The van der Waals surface area contributed by atoms with Crippen LogP contribution in [0.1, 0.15) is 11.1 Å². The first-order valence-electron chi connectivity index (χ1n) is 5.27. The van der Waals surface area contributed by atoms with Crippen LogP contribution in [0.4, 0.5) is 4.39 Å². The van der Waals surface area contributed by atoms with E-state index in [1.165, 1.54) is 17.7 Å². The maximum Gasteiger partial charge on any atom is 0.127 e. The van der Waals surface area contributed by atoms with Gasteiger partial charge in [0, 0.05) is 18.4 Å². The van der Waals surface area contributed by atoms with E-state index in [2.05, 4.69) is 11.4 Å². The van der Waals surface area contributed by atoms with Gasteiger partial charge in [-0.25, -0.2) is 4.39 Å². The third-order valence-corrected chi connectivity index (χ3v) is 3.37. The van der Waals surface area contributed by atoms with Crippen LogP contribution in [0.15, 0.2) is 35.0 Å². The van der Waals surface area contributed by atoms with Crippen LogP contribution in [-0.2, 0) is 12.3 Å². The number of thiophene rings is 1. The molecule has 0 bridgehead atoms. The molecule has 2 rings (SSSR count). The Morgan fingerprint density at radius 3 is 2.82 bits per heavy atom. The average Bonchev–Trinajstić information content (AvgIpc) is 2.81. The highest BCUT2D eigenvalue weighted by Gasteiger charge is 2.01. The second kappa shape index (κ2) is 6.03. The zero-order valence-electron chi connectivity index (χ0n) is 9.16. The number of hydrogen-bond donors (Lipinski definition) is 0. The van der Waals surface area contributed by atoms with Crippen molar-refractivity contribution in [3.05, 3.63) is 52.0 Å². The second-order valence-corrected chi connectivity index (χ2v) is 4.71. The Bertz CT molecular complexity index is 470. The number of rotatable bonds is 5. The summed E-state index contributed by atoms with van der Waals surface area (Å²) in [7, 11) is 0. The van der Waals surface area contributed by atoms with E-state index in [0.29, 0.717) is 18.2 Å². The fourth-order valence-electron chi connectivity index (χ4n) is 1.50. The summed E-state index contributed by atoms with van der Waals surface area (Å²) in [6.07, 6.45) is 0.830. The molecular weight excluding hydrogens is 259 g/mol. The molecule has 0 aliphatic carbocycles. The van der Waals surface area contributed by atoms with Gasteiger partial charge < -0.3 is 4.74 Å². The minimum atomic E-state index is -0.311. The number of halogens is 2. The molecule has 0 unspecified atom stereocenters. The van der Waals surface area contributed by atoms with Gasteiger partial charge in [0.25, 0.3) is 0 Å². The normalized spacial score (nSPS) is 10.5. The van der Waals surface area contributed by atoms with Gasteiger partial charge in [-0.3, -0.25) is 0 Å². The summed E-state index contributed by atoms with van der Waals surface area (Å²) in [5, 5.41) is 4.11. The molecule has 0 aliphatic rings. The van der Waals surface area contributed by atoms with Gasteiger partial charge in [0.2, 0.25) is 0 Å². The van der Waals surface area contributed by atoms with Crippen LogP contribution in [0.5, 0.6) is 5.75 Å². The van der Waals surface area contributed by atoms with Crippen LogP contribution >= 0.6 is 22.9 Å². The molecular formula is C13H12ClFOS. The molecule has 0 radical (unpaired) electrons. The molecule has 90 valence electrons. The standard InChI is InChI=1S/C13H12ClFOS/c14-8-11-5-12(15)7-13(6-11)16-3-1-10-2-4-17-9-10/h2,4-7,9H,1,3,8H2. The molecule has 1 nitrogen and oxygen atoms in total. The fraction of sp³-hybridized carbons (Fsp3) is 0.231. The van der Waals surface area contributed by atoms with Crippen LogP contribution < -0.4 is 4.74 Å². The van der Waals surface area contributed by atoms with Crippen molar-refractivity contribution >= 4 is 22.9 Å². The van der Waals surface area contributed by atoms with Crippen molar-refractivity contribution in [1.29, 1.82) is 0 Å². The Morgan fingerprint density at radius 2 is 2.12 bits per heavy atom. The Morgan fingerprint density at radius 1 is 1.24 bits per heavy atom. The zero-order valence-corrected chi connectivity index (χ0v) is 10.7.